The number of hydrogen-bond donors (Lipinski definition) is 1. The maximum absolute atomic E-state index is 6.00. The molecule has 0 aliphatic rings. The van der Waals surface area contributed by atoms with E-state index in [4.69, 9.17) is 22.3 Å². The molecule has 19 heavy (non-hydrogen) atoms. The van der Waals surface area contributed by atoms with Crippen molar-refractivity contribution >= 4 is 22.8 Å². The van der Waals surface area contributed by atoms with Crippen molar-refractivity contribution in [2.75, 3.05) is 6.54 Å². The summed E-state index contributed by atoms with van der Waals surface area (Å²) in [6.45, 7) is 7.04. The molecule has 0 amide bonds. The first-order chi connectivity index (χ1) is 9.12. The molecule has 5 heteroatoms. The largest absolute Gasteiger partial charge is 0.328 e. The Balaban J connectivity index is 2.66. The van der Waals surface area contributed by atoms with E-state index in [1.807, 2.05) is 6.07 Å². The fraction of sp³-hybridized carbons (Fsp3) is 0.571. The highest BCUT2D eigenvalue weighted by Gasteiger charge is 2.21. The molecule has 2 heterocycles. The third-order valence-corrected chi connectivity index (χ3v) is 3.86. The number of nitrogens with two attached hydrogens (primary N) is 1. The smallest absolute Gasteiger partial charge is 0.160 e. The number of aromatic nitrogens is 3. The number of halogens is 1. The van der Waals surface area contributed by atoms with E-state index in [-0.39, 0.29) is 6.04 Å². The van der Waals surface area contributed by atoms with Gasteiger partial charge >= 0.3 is 0 Å². The van der Waals surface area contributed by atoms with Gasteiger partial charge in [0.25, 0.3) is 0 Å². The van der Waals surface area contributed by atoms with E-state index in [0.717, 1.165) is 29.8 Å². The molecule has 2 N–H and O–H groups in total. The van der Waals surface area contributed by atoms with E-state index in [1.54, 1.807) is 6.20 Å². The number of nitrogens with zero attached hydrogens (tertiary/aromatic N) is 3. The first-order valence-electron chi connectivity index (χ1n) is 6.85. The van der Waals surface area contributed by atoms with Gasteiger partial charge in [-0.2, -0.15) is 0 Å². The van der Waals surface area contributed by atoms with Crippen LogP contribution < -0.4 is 5.73 Å². The second-order valence-electron chi connectivity index (χ2n) is 4.93. The van der Waals surface area contributed by atoms with Crippen LogP contribution in [0.4, 0.5) is 0 Å². The van der Waals surface area contributed by atoms with Crippen molar-refractivity contribution < 1.29 is 0 Å². The number of hydrogen-bond acceptors (Lipinski definition) is 3. The summed E-state index contributed by atoms with van der Waals surface area (Å²) in [6, 6.07) is 2.06. The Morgan fingerprint density at radius 3 is 2.63 bits per heavy atom. The van der Waals surface area contributed by atoms with Crippen LogP contribution in [-0.2, 0) is 0 Å². The summed E-state index contributed by atoms with van der Waals surface area (Å²) in [5.41, 5.74) is 7.57. The molecule has 0 bridgehead atoms. The maximum Gasteiger partial charge on any atom is 0.160 e. The zero-order valence-corrected chi connectivity index (χ0v) is 12.5. The number of pyridine rings is 1. The van der Waals surface area contributed by atoms with E-state index < -0.39 is 0 Å². The van der Waals surface area contributed by atoms with Gasteiger partial charge in [0.2, 0.25) is 0 Å². The van der Waals surface area contributed by atoms with Crippen LogP contribution in [0.3, 0.4) is 0 Å². The Morgan fingerprint density at radius 2 is 2.05 bits per heavy atom. The predicted molar refractivity (Wildman–Crippen MR) is 79.6 cm³/mol. The standard InChI is InChI=1S/C14H21ClN4/c1-4-10(5-2)13-18-12-6-11(15)8-17-14(12)19(13)9(3)7-16/h6,8-10H,4-5,7,16H2,1-3H3. The predicted octanol–water partition coefficient (Wildman–Crippen LogP) is 3.51. The number of rotatable bonds is 5. The molecule has 0 fully saturated rings. The number of fused-ring (bicyclic) bond motifs is 1. The van der Waals surface area contributed by atoms with Crippen molar-refractivity contribution in [3.8, 4) is 0 Å². The summed E-state index contributed by atoms with van der Waals surface area (Å²) in [4.78, 5) is 9.18. The molecule has 0 saturated heterocycles. The first kappa shape index (κ1) is 14.3. The molecule has 4 nitrogen and oxygen atoms in total. The van der Waals surface area contributed by atoms with E-state index in [1.165, 1.54) is 0 Å². The Morgan fingerprint density at radius 1 is 1.37 bits per heavy atom. The molecule has 2 aromatic rings. The van der Waals surface area contributed by atoms with E-state index >= 15 is 0 Å². The average Bonchev–Trinajstić information content (AvgIpc) is 2.77. The molecule has 0 aromatic carbocycles. The van der Waals surface area contributed by atoms with Crippen LogP contribution in [0.5, 0.6) is 0 Å². The van der Waals surface area contributed by atoms with Gasteiger partial charge in [0.1, 0.15) is 11.3 Å². The van der Waals surface area contributed by atoms with Crippen molar-refractivity contribution in [1.29, 1.82) is 0 Å². The summed E-state index contributed by atoms with van der Waals surface area (Å²) < 4.78 is 2.17. The van der Waals surface area contributed by atoms with Crippen molar-refractivity contribution in [2.45, 2.75) is 45.6 Å². The third kappa shape index (κ3) is 2.60. The van der Waals surface area contributed by atoms with E-state index in [9.17, 15) is 0 Å². The molecular formula is C14H21ClN4. The highest BCUT2D eigenvalue weighted by atomic mass is 35.5. The maximum atomic E-state index is 6.00. The van der Waals surface area contributed by atoms with Crippen LogP contribution >= 0.6 is 11.6 Å². The summed E-state index contributed by atoms with van der Waals surface area (Å²) in [7, 11) is 0. The minimum Gasteiger partial charge on any atom is -0.328 e. The van der Waals surface area contributed by atoms with Crippen LogP contribution in [0.2, 0.25) is 5.02 Å². The first-order valence-corrected chi connectivity index (χ1v) is 7.23. The van der Waals surface area contributed by atoms with Gasteiger partial charge in [-0.1, -0.05) is 25.4 Å². The van der Waals surface area contributed by atoms with Gasteiger partial charge in [-0.05, 0) is 25.8 Å². The summed E-state index contributed by atoms with van der Waals surface area (Å²) in [6.07, 6.45) is 3.79. The Hall–Kier alpha value is -1.13. The van der Waals surface area contributed by atoms with Gasteiger partial charge in [-0.25, -0.2) is 9.97 Å². The van der Waals surface area contributed by atoms with Crippen LogP contribution in [0.25, 0.3) is 11.2 Å². The van der Waals surface area contributed by atoms with Gasteiger partial charge in [-0.3, -0.25) is 0 Å². The second kappa shape index (κ2) is 5.88. The minimum atomic E-state index is 0.189. The highest BCUT2D eigenvalue weighted by molar-refractivity contribution is 6.31. The molecule has 104 valence electrons. The SMILES string of the molecule is CCC(CC)c1nc2cc(Cl)cnc2n1C(C)CN. The topological polar surface area (TPSA) is 56.7 Å². The van der Waals surface area contributed by atoms with Crippen LogP contribution in [0.1, 0.15) is 51.4 Å². The second-order valence-corrected chi connectivity index (χ2v) is 5.37. The fourth-order valence-corrected chi connectivity index (χ4v) is 2.61. The van der Waals surface area contributed by atoms with Gasteiger partial charge in [0, 0.05) is 24.7 Å². The quantitative estimate of drug-likeness (QED) is 0.912. The average molecular weight is 281 g/mol. The molecule has 1 unspecified atom stereocenters. The normalized spacial score (nSPS) is 13.4. The van der Waals surface area contributed by atoms with Gasteiger partial charge in [-0.15, -0.1) is 0 Å². The molecule has 0 saturated carbocycles. The Labute approximate surface area is 119 Å². The molecule has 0 radical (unpaired) electrons. The summed E-state index contributed by atoms with van der Waals surface area (Å²) >= 11 is 6.00. The summed E-state index contributed by atoms with van der Waals surface area (Å²) in [5.74, 6) is 1.51. The van der Waals surface area contributed by atoms with Crippen LogP contribution in [-0.4, -0.2) is 21.1 Å². The van der Waals surface area contributed by atoms with Crippen LogP contribution in [0, 0.1) is 0 Å². The van der Waals surface area contributed by atoms with Crippen molar-refractivity contribution in [2.24, 2.45) is 5.73 Å². The highest BCUT2D eigenvalue weighted by Crippen LogP contribution is 2.29. The zero-order valence-electron chi connectivity index (χ0n) is 11.7. The molecule has 0 aliphatic heterocycles. The van der Waals surface area contributed by atoms with Crippen molar-refractivity contribution in [3.05, 3.63) is 23.1 Å². The molecule has 0 aliphatic carbocycles. The lowest BCUT2D eigenvalue weighted by Gasteiger charge is -2.19. The van der Waals surface area contributed by atoms with Gasteiger partial charge in [0.15, 0.2) is 5.65 Å². The van der Waals surface area contributed by atoms with Crippen LogP contribution in [0.15, 0.2) is 12.3 Å². The molecule has 2 rings (SSSR count). The van der Waals surface area contributed by atoms with E-state index in [2.05, 4.69) is 30.3 Å². The van der Waals surface area contributed by atoms with Gasteiger partial charge in [0.05, 0.1) is 5.02 Å². The van der Waals surface area contributed by atoms with E-state index in [0.29, 0.717) is 17.5 Å². The Kier molecular flexibility index (Phi) is 4.42. The lowest BCUT2D eigenvalue weighted by Crippen LogP contribution is -2.20. The summed E-state index contributed by atoms with van der Waals surface area (Å²) in [5, 5.41) is 0.619. The molecular weight excluding hydrogens is 260 g/mol. The lowest BCUT2D eigenvalue weighted by molar-refractivity contribution is 0.496. The molecule has 2 aromatic heterocycles. The minimum absolute atomic E-state index is 0.189. The zero-order chi connectivity index (χ0) is 14.0. The van der Waals surface area contributed by atoms with Crippen molar-refractivity contribution in [1.82, 2.24) is 14.5 Å². The fourth-order valence-electron chi connectivity index (χ4n) is 2.46. The van der Waals surface area contributed by atoms with Crippen molar-refractivity contribution in [3.63, 3.8) is 0 Å². The number of imidazole rings is 1. The lowest BCUT2D eigenvalue weighted by atomic mass is 10.0. The molecule has 1 atom stereocenters. The monoisotopic (exact) mass is 280 g/mol. The third-order valence-electron chi connectivity index (χ3n) is 3.66. The molecule has 0 spiro atoms. The Bertz CT molecular complexity index is 560. The van der Waals surface area contributed by atoms with Gasteiger partial charge < -0.3 is 10.3 Å².